The van der Waals surface area contributed by atoms with Gasteiger partial charge in [-0.3, -0.25) is 10.1 Å². The van der Waals surface area contributed by atoms with Crippen LogP contribution in [-0.2, 0) is 17.1 Å². The van der Waals surface area contributed by atoms with E-state index in [-0.39, 0.29) is 12.3 Å². The van der Waals surface area contributed by atoms with Crippen LogP contribution in [0.1, 0.15) is 17.7 Å². The van der Waals surface area contributed by atoms with Crippen molar-refractivity contribution in [1.29, 1.82) is 0 Å². The number of benzene rings is 2. The van der Waals surface area contributed by atoms with Crippen LogP contribution in [0, 0.1) is 0 Å². The second kappa shape index (κ2) is 10.3. The quantitative estimate of drug-likeness (QED) is 0.564. The lowest BCUT2D eigenvalue weighted by atomic mass is 10.2. The zero-order valence-corrected chi connectivity index (χ0v) is 16.1. The number of carbonyl (C=O) groups is 2. The van der Waals surface area contributed by atoms with Crippen LogP contribution < -0.4 is 10.6 Å². The van der Waals surface area contributed by atoms with Crippen LogP contribution in [0.3, 0.4) is 0 Å². The third kappa shape index (κ3) is 6.28. The Morgan fingerprint density at radius 2 is 1.71 bits per heavy atom. The molecule has 1 aromatic heterocycles. The molecule has 0 saturated carbocycles. The van der Waals surface area contributed by atoms with Crippen molar-refractivity contribution in [3.63, 3.8) is 0 Å². The molecule has 7 heteroatoms. The van der Waals surface area contributed by atoms with E-state index in [0.29, 0.717) is 23.9 Å². The molecule has 1 heterocycles. The number of amides is 3. The van der Waals surface area contributed by atoms with Gasteiger partial charge in [-0.2, -0.15) is 11.8 Å². The van der Waals surface area contributed by atoms with Crippen molar-refractivity contribution in [3.05, 3.63) is 78.2 Å². The summed E-state index contributed by atoms with van der Waals surface area (Å²) in [6.45, 7) is 0.380. The summed E-state index contributed by atoms with van der Waals surface area (Å²) >= 11 is 1.57. The molecular formula is C21H21N3O3S. The molecule has 0 aliphatic rings. The first-order valence-electron chi connectivity index (χ1n) is 8.90. The molecule has 3 rings (SSSR count). The minimum atomic E-state index is -0.483. The molecule has 0 saturated heterocycles. The van der Waals surface area contributed by atoms with E-state index in [2.05, 4.69) is 15.6 Å². The van der Waals surface area contributed by atoms with Crippen molar-refractivity contribution >= 4 is 23.7 Å². The molecule has 144 valence electrons. The Kier molecular flexibility index (Phi) is 7.26. The molecule has 2 aromatic carbocycles. The first-order chi connectivity index (χ1) is 13.7. The molecule has 0 radical (unpaired) electrons. The van der Waals surface area contributed by atoms with Gasteiger partial charge in [-0.25, -0.2) is 9.78 Å². The molecule has 2 N–H and O–H groups in total. The van der Waals surface area contributed by atoms with Gasteiger partial charge in [-0.1, -0.05) is 48.5 Å². The molecule has 0 atom stereocenters. The predicted molar refractivity (Wildman–Crippen MR) is 110 cm³/mol. The molecule has 0 bridgehead atoms. The van der Waals surface area contributed by atoms with E-state index < -0.39 is 6.03 Å². The van der Waals surface area contributed by atoms with Gasteiger partial charge in [0.1, 0.15) is 6.26 Å². The number of hydrogen-bond donors (Lipinski definition) is 2. The molecule has 0 spiro atoms. The van der Waals surface area contributed by atoms with Crippen LogP contribution in [0.4, 0.5) is 4.79 Å². The van der Waals surface area contributed by atoms with E-state index in [1.165, 1.54) is 0 Å². The Labute approximate surface area is 167 Å². The lowest BCUT2D eigenvalue weighted by Gasteiger charge is -2.06. The van der Waals surface area contributed by atoms with Crippen molar-refractivity contribution in [2.45, 2.75) is 18.7 Å². The van der Waals surface area contributed by atoms with E-state index in [1.807, 2.05) is 60.7 Å². The summed E-state index contributed by atoms with van der Waals surface area (Å²) < 4.78 is 5.49. The van der Waals surface area contributed by atoms with E-state index in [4.69, 9.17) is 4.42 Å². The number of hydrogen-bond acceptors (Lipinski definition) is 5. The third-order valence-electron chi connectivity index (χ3n) is 3.84. The lowest BCUT2D eigenvalue weighted by Crippen LogP contribution is -2.39. The van der Waals surface area contributed by atoms with E-state index >= 15 is 0 Å². The maximum Gasteiger partial charge on any atom is 0.321 e. The standard InChI is InChI=1S/C21H21N3O3S/c25-19(24-21(26)22-13-16-7-3-1-4-8-16)11-12-28-15-18-14-27-20(23-18)17-9-5-2-6-10-17/h1-10,14H,11-13,15H2,(H2,22,24,25,26). The molecule has 0 fully saturated rings. The van der Waals surface area contributed by atoms with E-state index in [0.717, 1.165) is 16.8 Å². The SMILES string of the molecule is O=C(CCSCc1coc(-c2ccccc2)n1)NC(=O)NCc1ccccc1. The molecular weight excluding hydrogens is 374 g/mol. The molecule has 28 heavy (non-hydrogen) atoms. The van der Waals surface area contributed by atoms with Gasteiger partial charge in [0.05, 0.1) is 5.69 Å². The topological polar surface area (TPSA) is 84.2 Å². The third-order valence-corrected chi connectivity index (χ3v) is 4.84. The van der Waals surface area contributed by atoms with Gasteiger partial charge >= 0.3 is 6.03 Å². The van der Waals surface area contributed by atoms with E-state index in [9.17, 15) is 9.59 Å². The number of rotatable bonds is 8. The van der Waals surface area contributed by atoms with Crippen molar-refractivity contribution in [2.24, 2.45) is 0 Å². The summed E-state index contributed by atoms with van der Waals surface area (Å²) in [5, 5.41) is 5.00. The van der Waals surface area contributed by atoms with Crippen molar-refractivity contribution in [1.82, 2.24) is 15.6 Å². The second-order valence-corrected chi connectivity index (χ2v) is 7.13. The molecule has 3 aromatic rings. The maximum absolute atomic E-state index is 11.8. The zero-order valence-electron chi connectivity index (χ0n) is 15.3. The van der Waals surface area contributed by atoms with Gasteiger partial charge in [-0.15, -0.1) is 0 Å². The zero-order chi connectivity index (χ0) is 19.6. The number of thioether (sulfide) groups is 1. The van der Waals surface area contributed by atoms with Gasteiger partial charge in [-0.05, 0) is 17.7 Å². The van der Waals surface area contributed by atoms with Crippen LogP contribution in [0.25, 0.3) is 11.5 Å². The number of aromatic nitrogens is 1. The highest BCUT2D eigenvalue weighted by atomic mass is 32.2. The predicted octanol–water partition coefficient (Wildman–Crippen LogP) is 3.99. The van der Waals surface area contributed by atoms with Crippen molar-refractivity contribution in [2.75, 3.05) is 5.75 Å². The van der Waals surface area contributed by atoms with Crippen LogP contribution in [0.15, 0.2) is 71.3 Å². The fourth-order valence-electron chi connectivity index (χ4n) is 2.44. The van der Waals surface area contributed by atoms with Crippen LogP contribution in [0.2, 0.25) is 0 Å². The van der Waals surface area contributed by atoms with Gasteiger partial charge in [0.25, 0.3) is 0 Å². The number of nitrogens with one attached hydrogen (secondary N) is 2. The largest absolute Gasteiger partial charge is 0.444 e. The van der Waals surface area contributed by atoms with Crippen molar-refractivity contribution < 1.29 is 14.0 Å². The van der Waals surface area contributed by atoms with Gasteiger partial charge in [0, 0.05) is 30.0 Å². The minimum absolute atomic E-state index is 0.257. The van der Waals surface area contributed by atoms with Crippen LogP contribution in [-0.4, -0.2) is 22.7 Å². The van der Waals surface area contributed by atoms with Crippen molar-refractivity contribution in [3.8, 4) is 11.5 Å². The maximum atomic E-state index is 11.8. The smallest absolute Gasteiger partial charge is 0.321 e. The van der Waals surface area contributed by atoms with Gasteiger partial charge < -0.3 is 9.73 Å². The first-order valence-corrected chi connectivity index (χ1v) is 10.1. The Balaban J connectivity index is 1.32. The van der Waals surface area contributed by atoms with Crippen LogP contribution in [0.5, 0.6) is 0 Å². The molecule has 3 amide bonds. The number of oxazole rings is 1. The highest BCUT2D eigenvalue weighted by Gasteiger charge is 2.09. The summed E-state index contributed by atoms with van der Waals surface area (Å²) in [5.74, 6) is 1.52. The molecule has 0 unspecified atom stereocenters. The first kappa shape index (κ1) is 19.7. The average Bonchev–Trinajstić information content (AvgIpc) is 3.20. The van der Waals surface area contributed by atoms with Gasteiger partial charge in [0.15, 0.2) is 0 Å². The summed E-state index contributed by atoms with van der Waals surface area (Å²) in [4.78, 5) is 28.0. The highest BCUT2D eigenvalue weighted by Crippen LogP contribution is 2.20. The number of carbonyl (C=O) groups excluding carboxylic acids is 2. The summed E-state index contributed by atoms with van der Waals surface area (Å²) in [6.07, 6.45) is 1.89. The Morgan fingerprint density at radius 3 is 2.46 bits per heavy atom. The summed E-state index contributed by atoms with van der Waals surface area (Å²) in [5.41, 5.74) is 2.73. The lowest BCUT2D eigenvalue weighted by molar-refractivity contribution is -0.119. The summed E-state index contributed by atoms with van der Waals surface area (Å²) in [6, 6.07) is 18.7. The molecule has 0 aliphatic heterocycles. The van der Waals surface area contributed by atoms with Gasteiger partial charge in [0.2, 0.25) is 11.8 Å². The van der Waals surface area contributed by atoms with E-state index in [1.54, 1.807) is 18.0 Å². The molecule has 6 nitrogen and oxygen atoms in total. The fraction of sp³-hybridized carbons (Fsp3) is 0.190. The second-order valence-electron chi connectivity index (χ2n) is 6.03. The number of imide groups is 1. The number of nitrogens with zero attached hydrogens (tertiary/aromatic N) is 1. The Hall–Kier alpha value is -3.06. The van der Waals surface area contributed by atoms with Crippen LogP contribution >= 0.6 is 11.8 Å². The average molecular weight is 395 g/mol. The summed E-state index contributed by atoms with van der Waals surface area (Å²) in [7, 11) is 0. The fourth-order valence-corrected chi connectivity index (χ4v) is 3.26. The minimum Gasteiger partial charge on any atom is -0.444 e. The number of urea groups is 1. The Morgan fingerprint density at radius 1 is 1.00 bits per heavy atom. The normalized spacial score (nSPS) is 10.4. The Bertz CT molecular complexity index is 898. The monoisotopic (exact) mass is 395 g/mol. The molecule has 0 aliphatic carbocycles. The highest BCUT2D eigenvalue weighted by molar-refractivity contribution is 7.98.